The summed E-state index contributed by atoms with van der Waals surface area (Å²) in [4.78, 5) is 2.28. The predicted octanol–water partition coefficient (Wildman–Crippen LogP) is 3.49. The van der Waals surface area contributed by atoms with Crippen LogP contribution in [-0.4, -0.2) is 6.26 Å². The third kappa shape index (κ3) is 2.39. The molecular formula is C13H12FS+. The Morgan fingerprint density at radius 2 is 1.53 bits per heavy atom. The van der Waals surface area contributed by atoms with Gasteiger partial charge in [-0.3, -0.25) is 0 Å². The second kappa shape index (κ2) is 4.49. The molecule has 1 atom stereocenters. The van der Waals surface area contributed by atoms with Crippen LogP contribution >= 0.6 is 0 Å². The van der Waals surface area contributed by atoms with Crippen molar-refractivity contribution in [3.8, 4) is 0 Å². The molecule has 76 valence electrons. The van der Waals surface area contributed by atoms with Crippen LogP contribution in [0.3, 0.4) is 0 Å². The summed E-state index contributed by atoms with van der Waals surface area (Å²) in [6.45, 7) is 0. The van der Waals surface area contributed by atoms with E-state index in [1.807, 2.05) is 24.3 Å². The summed E-state index contributed by atoms with van der Waals surface area (Å²) in [5.74, 6) is -0.164. The molecule has 0 spiro atoms. The Hall–Kier alpha value is -1.28. The molecule has 0 radical (unpaired) electrons. The van der Waals surface area contributed by atoms with Crippen molar-refractivity contribution in [3.63, 3.8) is 0 Å². The molecule has 0 aliphatic heterocycles. The summed E-state index contributed by atoms with van der Waals surface area (Å²) in [5.41, 5.74) is 0. The second-order valence-electron chi connectivity index (χ2n) is 3.28. The first-order valence-corrected chi connectivity index (χ1v) is 6.37. The fraction of sp³-hybridized carbons (Fsp3) is 0.0769. The van der Waals surface area contributed by atoms with Crippen LogP contribution in [0.1, 0.15) is 0 Å². The third-order valence-corrected chi connectivity index (χ3v) is 4.19. The van der Waals surface area contributed by atoms with Crippen molar-refractivity contribution in [2.24, 2.45) is 0 Å². The number of halogens is 1. The highest BCUT2D eigenvalue weighted by Gasteiger charge is 2.18. The van der Waals surface area contributed by atoms with Crippen molar-refractivity contribution >= 4 is 10.9 Å². The van der Waals surface area contributed by atoms with Crippen molar-refractivity contribution in [1.82, 2.24) is 0 Å². The van der Waals surface area contributed by atoms with Crippen molar-refractivity contribution in [2.75, 3.05) is 6.26 Å². The normalized spacial score (nSPS) is 12.4. The molecular weight excluding hydrogens is 207 g/mol. The zero-order chi connectivity index (χ0) is 10.7. The number of hydrogen-bond donors (Lipinski definition) is 0. The van der Waals surface area contributed by atoms with Gasteiger partial charge in [0, 0.05) is 6.07 Å². The van der Waals surface area contributed by atoms with Gasteiger partial charge in [0.05, 0.1) is 10.9 Å². The van der Waals surface area contributed by atoms with Crippen molar-refractivity contribution in [1.29, 1.82) is 0 Å². The molecule has 2 heteroatoms. The van der Waals surface area contributed by atoms with Gasteiger partial charge >= 0.3 is 0 Å². The average Bonchev–Trinajstić information content (AvgIpc) is 2.29. The zero-order valence-corrected chi connectivity index (χ0v) is 9.30. The smallest absolute Gasteiger partial charge is 0.163 e. The Bertz CT molecular complexity index is 439. The van der Waals surface area contributed by atoms with Crippen molar-refractivity contribution in [2.45, 2.75) is 9.79 Å². The number of rotatable bonds is 2. The molecule has 0 aliphatic carbocycles. The quantitative estimate of drug-likeness (QED) is 0.678. The molecule has 0 fully saturated rings. The molecule has 15 heavy (non-hydrogen) atoms. The van der Waals surface area contributed by atoms with Gasteiger partial charge in [-0.1, -0.05) is 24.3 Å². The monoisotopic (exact) mass is 219 g/mol. The van der Waals surface area contributed by atoms with Gasteiger partial charge in [0.1, 0.15) is 12.1 Å². The van der Waals surface area contributed by atoms with Crippen LogP contribution < -0.4 is 0 Å². The Balaban J connectivity index is 2.32. The van der Waals surface area contributed by atoms with Gasteiger partial charge in [0.2, 0.25) is 0 Å². The number of benzene rings is 2. The molecule has 0 heterocycles. The SMILES string of the molecule is C[S+](c1ccccc1)c1cccc(F)c1. The minimum atomic E-state index is -0.164. The first kappa shape index (κ1) is 10.2. The van der Waals surface area contributed by atoms with E-state index in [0.717, 1.165) is 4.90 Å². The van der Waals surface area contributed by atoms with Gasteiger partial charge in [-0.25, -0.2) is 4.39 Å². The zero-order valence-electron chi connectivity index (χ0n) is 8.48. The first-order valence-electron chi connectivity index (χ1n) is 4.74. The molecule has 0 nitrogen and oxygen atoms in total. The maximum Gasteiger partial charge on any atom is 0.163 e. The van der Waals surface area contributed by atoms with Crippen molar-refractivity contribution in [3.05, 3.63) is 60.4 Å². The Morgan fingerprint density at radius 3 is 2.20 bits per heavy atom. The van der Waals surface area contributed by atoms with E-state index >= 15 is 0 Å². The van der Waals surface area contributed by atoms with Gasteiger partial charge in [-0.05, 0) is 24.3 Å². The Kier molecular flexibility index (Phi) is 3.07. The lowest BCUT2D eigenvalue weighted by Crippen LogP contribution is -2.00. The first-order chi connectivity index (χ1) is 7.27. The second-order valence-corrected chi connectivity index (χ2v) is 5.24. The van der Waals surface area contributed by atoms with Gasteiger partial charge in [-0.2, -0.15) is 0 Å². The van der Waals surface area contributed by atoms with Crippen LogP contribution in [0.25, 0.3) is 0 Å². The van der Waals surface area contributed by atoms with E-state index in [0.29, 0.717) is 0 Å². The molecule has 2 aromatic carbocycles. The van der Waals surface area contributed by atoms with Crippen LogP contribution in [0.15, 0.2) is 64.4 Å². The van der Waals surface area contributed by atoms with Gasteiger partial charge in [0.25, 0.3) is 0 Å². The van der Waals surface area contributed by atoms with E-state index in [1.165, 1.54) is 11.0 Å². The average molecular weight is 219 g/mol. The minimum Gasteiger partial charge on any atom is -0.207 e. The van der Waals surface area contributed by atoms with Crippen LogP contribution in [0, 0.1) is 5.82 Å². The molecule has 0 N–H and O–H groups in total. The summed E-state index contributed by atoms with van der Waals surface area (Å²) in [6, 6.07) is 17.0. The van der Waals surface area contributed by atoms with E-state index in [4.69, 9.17) is 0 Å². The lowest BCUT2D eigenvalue weighted by molar-refractivity contribution is 0.624. The van der Waals surface area contributed by atoms with E-state index in [9.17, 15) is 4.39 Å². The maximum absolute atomic E-state index is 13.0. The highest BCUT2D eigenvalue weighted by atomic mass is 32.2. The fourth-order valence-electron chi connectivity index (χ4n) is 1.42. The van der Waals surface area contributed by atoms with Gasteiger partial charge in [0.15, 0.2) is 9.79 Å². The molecule has 0 amide bonds. The molecule has 0 aromatic heterocycles. The molecule has 2 rings (SSSR count). The molecule has 0 bridgehead atoms. The molecule has 1 unspecified atom stereocenters. The van der Waals surface area contributed by atoms with Crippen LogP contribution in [0.4, 0.5) is 4.39 Å². The number of hydrogen-bond acceptors (Lipinski definition) is 0. The topological polar surface area (TPSA) is 0 Å². The van der Waals surface area contributed by atoms with Gasteiger partial charge < -0.3 is 0 Å². The summed E-state index contributed by atoms with van der Waals surface area (Å²) in [5, 5.41) is 0. The van der Waals surface area contributed by atoms with E-state index in [1.54, 1.807) is 12.1 Å². The van der Waals surface area contributed by atoms with Crippen LogP contribution in [0.2, 0.25) is 0 Å². The maximum atomic E-state index is 13.0. The molecule has 0 aliphatic rings. The van der Waals surface area contributed by atoms with E-state index in [-0.39, 0.29) is 16.7 Å². The van der Waals surface area contributed by atoms with Crippen molar-refractivity contribution < 1.29 is 4.39 Å². The van der Waals surface area contributed by atoms with Crippen LogP contribution in [-0.2, 0) is 10.9 Å². The standard InChI is InChI=1S/C13H12FS/c1-15(12-7-3-2-4-8-12)13-9-5-6-11(14)10-13/h2-10H,1H3/q+1. The highest BCUT2D eigenvalue weighted by molar-refractivity contribution is 7.96. The van der Waals surface area contributed by atoms with Crippen LogP contribution in [0.5, 0.6) is 0 Å². The highest BCUT2D eigenvalue weighted by Crippen LogP contribution is 2.21. The Morgan fingerprint density at radius 1 is 0.867 bits per heavy atom. The molecule has 2 aromatic rings. The predicted molar refractivity (Wildman–Crippen MR) is 62.7 cm³/mol. The summed E-state index contributed by atoms with van der Waals surface area (Å²) < 4.78 is 13.0. The summed E-state index contributed by atoms with van der Waals surface area (Å²) in [6.07, 6.45) is 2.12. The lowest BCUT2D eigenvalue weighted by Gasteiger charge is -2.01. The summed E-state index contributed by atoms with van der Waals surface area (Å²) in [7, 11) is -0.0471. The van der Waals surface area contributed by atoms with Gasteiger partial charge in [-0.15, -0.1) is 0 Å². The molecule has 0 saturated carbocycles. The Labute approximate surface area is 92.1 Å². The third-order valence-electron chi connectivity index (χ3n) is 2.25. The van der Waals surface area contributed by atoms with E-state index < -0.39 is 0 Å². The molecule has 0 saturated heterocycles. The lowest BCUT2D eigenvalue weighted by atomic mass is 10.3. The fourth-order valence-corrected chi connectivity index (χ4v) is 2.83. The van der Waals surface area contributed by atoms with E-state index in [2.05, 4.69) is 18.4 Å². The largest absolute Gasteiger partial charge is 0.207 e. The minimum absolute atomic E-state index is 0.0471. The summed E-state index contributed by atoms with van der Waals surface area (Å²) >= 11 is 0.